The Labute approximate surface area is 172 Å². The summed E-state index contributed by atoms with van der Waals surface area (Å²) < 4.78 is 0. The van der Waals surface area contributed by atoms with Crippen molar-refractivity contribution in [3.05, 3.63) is 53.6 Å². The largest absolute Gasteiger partial charge is 0.326 e. The van der Waals surface area contributed by atoms with Gasteiger partial charge in [-0.25, -0.2) is 5.48 Å². The zero-order valence-corrected chi connectivity index (χ0v) is 17.8. The molecule has 0 bridgehead atoms. The van der Waals surface area contributed by atoms with Crippen LogP contribution < -0.4 is 10.8 Å². The summed E-state index contributed by atoms with van der Waals surface area (Å²) in [5.74, 6) is -0.648. The predicted molar refractivity (Wildman–Crippen MR) is 115 cm³/mol. The van der Waals surface area contributed by atoms with Crippen molar-refractivity contribution in [3.63, 3.8) is 0 Å². The van der Waals surface area contributed by atoms with Crippen LogP contribution in [0.15, 0.2) is 42.5 Å². The van der Waals surface area contributed by atoms with Gasteiger partial charge in [-0.2, -0.15) is 0 Å². The van der Waals surface area contributed by atoms with Gasteiger partial charge in [-0.3, -0.25) is 14.8 Å². The molecule has 0 saturated carbocycles. The molecule has 29 heavy (non-hydrogen) atoms. The van der Waals surface area contributed by atoms with E-state index in [2.05, 4.69) is 37.4 Å². The van der Waals surface area contributed by atoms with Crippen molar-refractivity contribution >= 4 is 17.5 Å². The van der Waals surface area contributed by atoms with Crippen LogP contribution >= 0.6 is 0 Å². The molecular weight excluding hydrogens is 364 g/mol. The molecule has 5 nitrogen and oxygen atoms in total. The molecule has 1 unspecified atom stereocenters. The molecule has 3 N–H and O–H groups in total. The van der Waals surface area contributed by atoms with E-state index in [4.69, 9.17) is 5.21 Å². The fraction of sp³-hybridized carbons (Fsp3) is 0.417. The fourth-order valence-corrected chi connectivity index (χ4v) is 4.05. The Bertz CT molecular complexity index is 941. The third kappa shape index (κ3) is 4.20. The summed E-state index contributed by atoms with van der Waals surface area (Å²) in [4.78, 5) is 24.5. The summed E-state index contributed by atoms with van der Waals surface area (Å²) in [5.41, 5.74) is 6.13. The predicted octanol–water partition coefficient (Wildman–Crippen LogP) is 4.68. The molecule has 1 aliphatic carbocycles. The molecule has 1 atom stereocenters. The number of hydrogen-bond donors (Lipinski definition) is 3. The van der Waals surface area contributed by atoms with Crippen LogP contribution in [0.2, 0.25) is 0 Å². The van der Waals surface area contributed by atoms with Gasteiger partial charge >= 0.3 is 0 Å². The van der Waals surface area contributed by atoms with Crippen LogP contribution in [0.3, 0.4) is 0 Å². The number of rotatable bonds is 3. The number of benzene rings is 2. The topological polar surface area (TPSA) is 78.4 Å². The van der Waals surface area contributed by atoms with E-state index in [1.807, 2.05) is 50.5 Å². The lowest BCUT2D eigenvalue weighted by atomic mass is 9.65. The molecule has 2 aromatic rings. The highest BCUT2D eigenvalue weighted by molar-refractivity contribution is 5.95. The first-order chi connectivity index (χ1) is 13.5. The fourth-order valence-electron chi connectivity index (χ4n) is 4.05. The normalized spacial score (nSPS) is 17.9. The molecule has 2 amide bonds. The number of anilines is 1. The van der Waals surface area contributed by atoms with Gasteiger partial charge in [0.2, 0.25) is 11.8 Å². The minimum absolute atomic E-state index is 0.0286. The van der Waals surface area contributed by atoms with Crippen molar-refractivity contribution in [2.24, 2.45) is 11.3 Å². The number of hydroxylamine groups is 1. The lowest BCUT2D eigenvalue weighted by Crippen LogP contribution is -2.43. The van der Waals surface area contributed by atoms with Crippen molar-refractivity contribution < 1.29 is 14.8 Å². The zero-order chi connectivity index (χ0) is 21.4. The maximum atomic E-state index is 12.3. The van der Waals surface area contributed by atoms with Crippen LogP contribution in [0.25, 0.3) is 11.1 Å². The van der Waals surface area contributed by atoms with E-state index in [1.54, 1.807) is 0 Å². The minimum atomic E-state index is -0.464. The monoisotopic (exact) mass is 394 g/mol. The molecule has 3 rings (SSSR count). The summed E-state index contributed by atoms with van der Waals surface area (Å²) in [6, 6.07) is 14.2. The molecule has 0 aromatic heterocycles. The van der Waals surface area contributed by atoms with Crippen molar-refractivity contribution in [1.29, 1.82) is 0 Å². The summed E-state index contributed by atoms with van der Waals surface area (Å²) in [5, 5.41) is 12.1. The molecule has 154 valence electrons. The van der Waals surface area contributed by atoms with Crippen LogP contribution in [-0.4, -0.2) is 17.0 Å². The van der Waals surface area contributed by atoms with E-state index in [1.165, 1.54) is 5.56 Å². The molecule has 5 heteroatoms. The summed E-state index contributed by atoms with van der Waals surface area (Å²) in [6.07, 6.45) is 1.51. The Kier molecular flexibility index (Phi) is 5.54. The van der Waals surface area contributed by atoms with E-state index >= 15 is 0 Å². The SMILES string of the molecule is CC(C)(C)C(=O)Nc1cccc(-c2ccc3c(c2)C(C)(C)C(C(=O)NO)CC3)c1. The molecule has 2 aromatic carbocycles. The van der Waals surface area contributed by atoms with Gasteiger partial charge in [-0.1, -0.05) is 65.0 Å². The van der Waals surface area contributed by atoms with Crippen LogP contribution in [0.4, 0.5) is 5.69 Å². The van der Waals surface area contributed by atoms with Gasteiger partial charge in [0, 0.05) is 22.4 Å². The van der Waals surface area contributed by atoms with Gasteiger partial charge in [0.25, 0.3) is 0 Å². The zero-order valence-electron chi connectivity index (χ0n) is 17.8. The third-order valence-electron chi connectivity index (χ3n) is 5.94. The van der Waals surface area contributed by atoms with Crippen molar-refractivity contribution in [2.75, 3.05) is 5.32 Å². The number of nitrogens with one attached hydrogen (secondary N) is 2. The van der Waals surface area contributed by atoms with Crippen LogP contribution in [0, 0.1) is 11.3 Å². The Balaban J connectivity index is 1.96. The highest BCUT2D eigenvalue weighted by Gasteiger charge is 2.40. The number of hydrogen-bond acceptors (Lipinski definition) is 3. The number of carbonyl (C=O) groups is 2. The van der Waals surface area contributed by atoms with E-state index < -0.39 is 10.8 Å². The number of carbonyl (C=O) groups excluding carboxylic acids is 2. The van der Waals surface area contributed by atoms with Gasteiger partial charge in [0.15, 0.2) is 0 Å². The van der Waals surface area contributed by atoms with E-state index in [-0.39, 0.29) is 17.7 Å². The number of amides is 2. The molecule has 0 heterocycles. The van der Waals surface area contributed by atoms with Crippen molar-refractivity contribution in [2.45, 2.75) is 52.9 Å². The molecule has 0 aliphatic heterocycles. The van der Waals surface area contributed by atoms with Crippen LogP contribution in [-0.2, 0) is 21.4 Å². The standard InChI is InChI=1S/C24H30N2O3/c1-23(2,3)22(28)25-18-8-6-7-16(13-18)17-10-9-15-11-12-19(21(27)26-29)24(4,5)20(15)14-17/h6-10,13-14,19,29H,11-12H2,1-5H3,(H,25,28)(H,26,27). The van der Waals surface area contributed by atoms with Crippen molar-refractivity contribution in [3.8, 4) is 11.1 Å². The maximum Gasteiger partial charge on any atom is 0.247 e. The minimum Gasteiger partial charge on any atom is -0.326 e. The molecule has 0 spiro atoms. The number of fused-ring (bicyclic) bond motifs is 1. The average molecular weight is 395 g/mol. The Morgan fingerprint density at radius 3 is 2.41 bits per heavy atom. The Morgan fingerprint density at radius 1 is 1.07 bits per heavy atom. The van der Waals surface area contributed by atoms with E-state index in [0.717, 1.165) is 28.8 Å². The van der Waals surface area contributed by atoms with Gasteiger partial charge in [-0.05, 0) is 47.2 Å². The third-order valence-corrected chi connectivity index (χ3v) is 5.94. The average Bonchev–Trinajstić information content (AvgIpc) is 2.66. The summed E-state index contributed by atoms with van der Waals surface area (Å²) >= 11 is 0. The van der Waals surface area contributed by atoms with Gasteiger partial charge in [-0.15, -0.1) is 0 Å². The highest BCUT2D eigenvalue weighted by Crippen LogP contribution is 2.43. The lowest BCUT2D eigenvalue weighted by molar-refractivity contribution is -0.136. The first kappa shape index (κ1) is 21.1. The molecule has 1 aliphatic rings. The van der Waals surface area contributed by atoms with E-state index in [9.17, 15) is 9.59 Å². The summed E-state index contributed by atoms with van der Waals surface area (Å²) in [7, 11) is 0. The van der Waals surface area contributed by atoms with Crippen molar-refractivity contribution in [1.82, 2.24) is 5.48 Å². The van der Waals surface area contributed by atoms with Gasteiger partial charge in [0.05, 0.1) is 0 Å². The first-order valence-corrected chi connectivity index (χ1v) is 10.0. The Hall–Kier alpha value is -2.66. The smallest absolute Gasteiger partial charge is 0.247 e. The van der Waals surface area contributed by atoms with Gasteiger partial charge in [0.1, 0.15) is 0 Å². The second-order valence-electron chi connectivity index (χ2n) is 9.45. The van der Waals surface area contributed by atoms with Crippen LogP contribution in [0.1, 0.15) is 52.2 Å². The molecule has 0 fully saturated rings. The highest BCUT2D eigenvalue weighted by atomic mass is 16.5. The molecular formula is C24H30N2O3. The second-order valence-corrected chi connectivity index (χ2v) is 9.45. The summed E-state index contributed by atoms with van der Waals surface area (Å²) in [6.45, 7) is 9.76. The molecule has 0 saturated heterocycles. The van der Waals surface area contributed by atoms with Crippen LogP contribution in [0.5, 0.6) is 0 Å². The number of aryl methyl sites for hydroxylation is 1. The quantitative estimate of drug-likeness (QED) is 0.522. The lowest BCUT2D eigenvalue weighted by Gasteiger charge is -2.39. The Morgan fingerprint density at radius 2 is 1.76 bits per heavy atom. The van der Waals surface area contributed by atoms with Gasteiger partial charge < -0.3 is 5.32 Å². The maximum absolute atomic E-state index is 12.3. The second kappa shape index (κ2) is 7.64. The first-order valence-electron chi connectivity index (χ1n) is 10.0. The molecule has 0 radical (unpaired) electrons. The van der Waals surface area contributed by atoms with E-state index in [0.29, 0.717) is 6.42 Å².